The molecule has 0 N–H and O–H groups in total. The summed E-state index contributed by atoms with van der Waals surface area (Å²) in [4.78, 5) is 18.4. The van der Waals surface area contributed by atoms with E-state index in [1.165, 1.54) is 7.11 Å². The van der Waals surface area contributed by atoms with E-state index in [-0.39, 0.29) is 5.97 Å². The Bertz CT molecular complexity index is 653. The van der Waals surface area contributed by atoms with Gasteiger partial charge < -0.3 is 13.9 Å². The standard InChI is InChI=1S/C15H19N3O3/c1-11-12(18-6-4-3-5-14(18)16-11)9-17-7-8-21-13(10-17)15(19)20-2/h3-6,13H,7-10H2,1-2H3/t13-/m1/s1. The lowest BCUT2D eigenvalue weighted by molar-refractivity contribution is -0.160. The zero-order valence-corrected chi connectivity index (χ0v) is 12.3. The Morgan fingerprint density at radius 2 is 2.38 bits per heavy atom. The minimum atomic E-state index is -0.497. The van der Waals surface area contributed by atoms with Crippen molar-refractivity contribution < 1.29 is 14.3 Å². The first-order valence-corrected chi connectivity index (χ1v) is 7.03. The monoisotopic (exact) mass is 289 g/mol. The molecule has 1 atom stereocenters. The fourth-order valence-electron chi connectivity index (χ4n) is 2.69. The predicted octanol–water partition coefficient (Wildman–Crippen LogP) is 1.02. The summed E-state index contributed by atoms with van der Waals surface area (Å²) < 4.78 is 12.3. The van der Waals surface area contributed by atoms with Crippen LogP contribution in [0.5, 0.6) is 0 Å². The highest BCUT2D eigenvalue weighted by Gasteiger charge is 2.28. The molecular weight excluding hydrogens is 270 g/mol. The Morgan fingerprint density at radius 1 is 1.52 bits per heavy atom. The zero-order valence-electron chi connectivity index (χ0n) is 12.3. The Morgan fingerprint density at radius 3 is 3.19 bits per heavy atom. The maximum absolute atomic E-state index is 11.6. The first-order valence-electron chi connectivity index (χ1n) is 7.03. The second-order valence-corrected chi connectivity index (χ2v) is 5.19. The number of aromatic nitrogens is 2. The molecule has 0 aromatic carbocycles. The first kappa shape index (κ1) is 14.0. The summed E-state index contributed by atoms with van der Waals surface area (Å²) in [7, 11) is 1.39. The van der Waals surface area contributed by atoms with Crippen molar-refractivity contribution in [3.63, 3.8) is 0 Å². The third kappa shape index (κ3) is 2.77. The van der Waals surface area contributed by atoms with E-state index in [4.69, 9.17) is 9.47 Å². The van der Waals surface area contributed by atoms with Gasteiger partial charge in [-0.25, -0.2) is 9.78 Å². The summed E-state index contributed by atoms with van der Waals surface area (Å²) in [6.45, 7) is 4.64. The number of rotatable bonds is 3. The minimum Gasteiger partial charge on any atom is -0.467 e. The molecule has 0 unspecified atom stereocenters. The van der Waals surface area contributed by atoms with Gasteiger partial charge in [0, 0.05) is 25.8 Å². The van der Waals surface area contributed by atoms with Crippen molar-refractivity contribution in [2.24, 2.45) is 0 Å². The molecule has 2 aromatic rings. The molecular formula is C15H19N3O3. The fraction of sp³-hybridized carbons (Fsp3) is 0.467. The third-order valence-electron chi connectivity index (χ3n) is 3.82. The second-order valence-electron chi connectivity index (χ2n) is 5.19. The molecule has 0 amide bonds. The number of methoxy groups -OCH3 is 1. The predicted molar refractivity (Wildman–Crippen MR) is 77.0 cm³/mol. The molecule has 0 spiro atoms. The molecule has 1 saturated heterocycles. The van der Waals surface area contributed by atoms with Crippen LogP contribution in [0.15, 0.2) is 24.4 Å². The average Bonchev–Trinajstić information content (AvgIpc) is 2.83. The lowest BCUT2D eigenvalue weighted by Crippen LogP contribution is -2.46. The van der Waals surface area contributed by atoms with Gasteiger partial charge in [0.2, 0.25) is 0 Å². The van der Waals surface area contributed by atoms with E-state index in [1.54, 1.807) is 0 Å². The van der Waals surface area contributed by atoms with Gasteiger partial charge >= 0.3 is 5.97 Å². The van der Waals surface area contributed by atoms with Gasteiger partial charge in [-0.2, -0.15) is 0 Å². The van der Waals surface area contributed by atoms with E-state index < -0.39 is 6.10 Å². The van der Waals surface area contributed by atoms with Crippen LogP contribution in [0.3, 0.4) is 0 Å². The summed E-state index contributed by atoms with van der Waals surface area (Å²) in [6.07, 6.45) is 1.52. The number of imidazole rings is 1. The van der Waals surface area contributed by atoms with Crippen LogP contribution in [0.25, 0.3) is 5.65 Å². The van der Waals surface area contributed by atoms with Gasteiger partial charge in [-0.05, 0) is 19.1 Å². The van der Waals surface area contributed by atoms with Crippen molar-refractivity contribution >= 4 is 11.6 Å². The molecule has 2 aromatic heterocycles. The maximum atomic E-state index is 11.6. The van der Waals surface area contributed by atoms with Crippen molar-refractivity contribution in [1.29, 1.82) is 0 Å². The van der Waals surface area contributed by atoms with Crippen LogP contribution in [0.4, 0.5) is 0 Å². The van der Waals surface area contributed by atoms with E-state index in [1.807, 2.05) is 31.3 Å². The van der Waals surface area contributed by atoms with Crippen LogP contribution in [0.1, 0.15) is 11.4 Å². The van der Waals surface area contributed by atoms with Gasteiger partial charge in [-0.3, -0.25) is 4.90 Å². The molecule has 6 heteroatoms. The summed E-state index contributed by atoms with van der Waals surface area (Å²) in [5.41, 5.74) is 3.11. The molecule has 0 bridgehead atoms. The molecule has 1 aliphatic heterocycles. The summed E-state index contributed by atoms with van der Waals surface area (Å²) in [6, 6.07) is 5.97. The second kappa shape index (κ2) is 5.83. The molecule has 0 saturated carbocycles. The van der Waals surface area contributed by atoms with Gasteiger partial charge in [0.1, 0.15) is 5.65 Å². The highest BCUT2D eigenvalue weighted by Crippen LogP contribution is 2.16. The van der Waals surface area contributed by atoms with Crippen LogP contribution in [0.2, 0.25) is 0 Å². The Balaban J connectivity index is 1.79. The number of pyridine rings is 1. The zero-order chi connectivity index (χ0) is 14.8. The molecule has 3 heterocycles. The Labute approximate surface area is 123 Å². The van der Waals surface area contributed by atoms with Crippen LogP contribution < -0.4 is 0 Å². The fourth-order valence-corrected chi connectivity index (χ4v) is 2.69. The Kier molecular flexibility index (Phi) is 3.90. The minimum absolute atomic E-state index is 0.311. The van der Waals surface area contributed by atoms with Gasteiger partial charge in [0.15, 0.2) is 6.10 Å². The molecule has 6 nitrogen and oxygen atoms in total. The number of morpholine rings is 1. The smallest absolute Gasteiger partial charge is 0.336 e. The number of carbonyl (C=O) groups excluding carboxylic acids is 1. The van der Waals surface area contributed by atoms with Crippen LogP contribution >= 0.6 is 0 Å². The van der Waals surface area contributed by atoms with Gasteiger partial charge in [0.25, 0.3) is 0 Å². The number of aryl methyl sites for hydroxylation is 1. The van der Waals surface area contributed by atoms with E-state index in [9.17, 15) is 4.79 Å². The maximum Gasteiger partial charge on any atom is 0.336 e. The molecule has 3 rings (SSSR count). The van der Waals surface area contributed by atoms with E-state index in [2.05, 4.69) is 14.3 Å². The normalized spacial score (nSPS) is 19.8. The van der Waals surface area contributed by atoms with Crippen molar-refractivity contribution in [2.45, 2.75) is 19.6 Å². The first-order chi connectivity index (χ1) is 10.2. The number of esters is 1. The molecule has 1 fully saturated rings. The van der Waals surface area contributed by atoms with Crippen LogP contribution in [-0.4, -0.2) is 53.2 Å². The molecule has 0 aliphatic carbocycles. The Hall–Kier alpha value is -1.92. The highest BCUT2D eigenvalue weighted by atomic mass is 16.6. The number of nitrogens with zero attached hydrogens (tertiary/aromatic N) is 3. The third-order valence-corrected chi connectivity index (χ3v) is 3.82. The van der Waals surface area contributed by atoms with E-state index in [0.717, 1.165) is 30.1 Å². The summed E-state index contributed by atoms with van der Waals surface area (Å²) >= 11 is 0. The molecule has 21 heavy (non-hydrogen) atoms. The van der Waals surface area contributed by atoms with E-state index in [0.29, 0.717) is 13.2 Å². The van der Waals surface area contributed by atoms with Crippen LogP contribution in [0, 0.1) is 6.92 Å². The van der Waals surface area contributed by atoms with Crippen molar-refractivity contribution in [3.8, 4) is 0 Å². The largest absolute Gasteiger partial charge is 0.467 e. The van der Waals surface area contributed by atoms with Gasteiger partial charge in [0.05, 0.1) is 25.1 Å². The number of hydrogen-bond acceptors (Lipinski definition) is 5. The summed E-state index contributed by atoms with van der Waals surface area (Å²) in [5.74, 6) is -0.311. The lowest BCUT2D eigenvalue weighted by atomic mass is 10.2. The van der Waals surface area contributed by atoms with Gasteiger partial charge in [-0.1, -0.05) is 6.07 Å². The van der Waals surface area contributed by atoms with Crippen molar-refractivity contribution in [3.05, 3.63) is 35.8 Å². The van der Waals surface area contributed by atoms with Crippen molar-refractivity contribution in [2.75, 3.05) is 26.8 Å². The number of carbonyl (C=O) groups is 1. The average molecular weight is 289 g/mol. The molecule has 0 radical (unpaired) electrons. The SMILES string of the molecule is COC(=O)[C@H]1CN(Cc2c(C)nc3ccccn23)CCO1. The number of ether oxygens (including phenoxy) is 2. The van der Waals surface area contributed by atoms with Gasteiger partial charge in [-0.15, -0.1) is 0 Å². The highest BCUT2D eigenvalue weighted by molar-refractivity contribution is 5.74. The lowest BCUT2D eigenvalue weighted by Gasteiger charge is -2.31. The van der Waals surface area contributed by atoms with Crippen LogP contribution in [-0.2, 0) is 20.8 Å². The molecule has 112 valence electrons. The molecule has 1 aliphatic rings. The van der Waals surface area contributed by atoms with Crippen molar-refractivity contribution in [1.82, 2.24) is 14.3 Å². The summed E-state index contributed by atoms with van der Waals surface area (Å²) in [5, 5.41) is 0. The number of fused-ring (bicyclic) bond motifs is 1. The number of hydrogen-bond donors (Lipinski definition) is 0. The quantitative estimate of drug-likeness (QED) is 0.790. The van der Waals surface area contributed by atoms with E-state index >= 15 is 0 Å². The topological polar surface area (TPSA) is 56.1 Å².